The van der Waals surface area contributed by atoms with Gasteiger partial charge in [-0.2, -0.15) is 0 Å². The number of hydrogen-bond acceptors (Lipinski definition) is 22. The minimum absolute atomic E-state index is 0. The number of Topliss-reactive ketones (excluding diaryl/α,β-unsaturated/α-hetero) is 4. The van der Waals surface area contributed by atoms with Crippen molar-refractivity contribution in [1.82, 2.24) is 26.6 Å². The number of carboxylic acids is 5. The fourth-order valence-corrected chi connectivity index (χ4v) is 10.8. The smallest absolute Gasteiger partial charge is 0.326 e. The maximum absolute atomic E-state index is 12.9. The van der Waals surface area contributed by atoms with Gasteiger partial charge in [-0.3, -0.25) is 62.3 Å². The highest BCUT2D eigenvalue weighted by molar-refractivity contribution is 5.87. The summed E-state index contributed by atoms with van der Waals surface area (Å²) in [4.78, 5) is 167. The number of hydrogen-bond donors (Lipinski definition) is 10. The predicted molar refractivity (Wildman–Crippen MR) is 395 cm³/mol. The molecule has 4 atom stereocenters. The largest absolute Gasteiger partial charge is 0.481 e. The molecule has 0 aliphatic rings. The molecule has 0 aliphatic heterocycles. The first-order chi connectivity index (χ1) is 51.5. The lowest BCUT2D eigenvalue weighted by Gasteiger charge is -2.15. The summed E-state index contributed by atoms with van der Waals surface area (Å²) in [5.74, 6) is -9.38. The van der Waals surface area contributed by atoms with Crippen LogP contribution in [0.4, 0.5) is 0 Å². The second kappa shape index (κ2) is 70.7. The van der Waals surface area contributed by atoms with Crippen LogP contribution in [0.1, 0.15) is 241 Å². The zero-order chi connectivity index (χ0) is 79.2. The van der Waals surface area contributed by atoms with Crippen LogP contribution in [0.2, 0.25) is 0 Å². The van der Waals surface area contributed by atoms with Crippen molar-refractivity contribution in [3.63, 3.8) is 0 Å². The van der Waals surface area contributed by atoms with Crippen LogP contribution in [0.5, 0.6) is 0 Å². The number of carbonyl (C=O) groups excluding carboxylic acids is 9. The van der Waals surface area contributed by atoms with E-state index in [0.29, 0.717) is 96.7 Å². The number of nitrogens with one attached hydrogen (secondary N) is 5. The highest BCUT2D eigenvalue weighted by Gasteiger charge is 2.26. The Bertz CT molecular complexity index is 2500. The van der Waals surface area contributed by atoms with E-state index in [1.54, 1.807) is 6.92 Å². The molecule has 0 aromatic rings. The van der Waals surface area contributed by atoms with Crippen LogP contribution in [-0.2, 0) is 105 Å². The maximum Gasteiger partial charge on any atom is 0.326 e. The Morgan fingerprint density at radius 2 is 0.654 bits per heavy atom. The van der Waals surface area contributed by atoms with E-state index < -0.39 is 47.7 Å². The standard InChI is InChI=1S/C75H129N5O27.2H2/c1-58(24-18-20-36-76-68(87)56-107-51-47-103-43-39-79-70(89)57-106-50-44-100-40-22-27-61(81)33-34-64(75(98)99)80-67(86)29-15-11-7-3-5-9-13-17-31-72(92)93)65(84)53-59(73(94)95)25-19-21-37-77-69(88)55-105-49-45-101-41-23-28-63(83)54-104-48-46-102-42-38-78-66(85)35-32-60(74(96)97)52-62(82)26-14-10-6-2-4-8-12-16-30-71(90)91;;/h58-60,64H,2-57H2,1H3,(H,76,87)(H,77,88)(H,78,85)(H,79,89)(H,80,86)(H,90,91)(H,92,93)(H,94,95)(H,96,97)(H,98,99);2*1H/t58-,59+,60+,64-;;/m0../s1. The Labute approximate surface area is 634 Å². The number of aliphatic carboxylic acids is 5. The van der Waals surface area contributed by atoms with Crippen LogP contribution in [0.15, 0.2) is 0 Å². The SMILES string of the molecule is C[C@@H](CCCCNC(=O)COCCOCCNC(=O)COCCOCCCC(=O)CC[C@H](NC(=O)CCCCCCCCCCC(=O)O)C(=O)O)C(=O)C[C@@H](CCCCNC(=O)COCCOCCCC(=O)COCCOCCNC(=O)CC[C@H](CC(=O)CCCCCCCCCCC(=O)O)C(=O)O)C(=O)O.[HH].[HH]. The Balaban J connectivity index is -0.0000562. The molecule has 0 unspecified atom stereocenters. The summed E-state index contributed by atoms with van der Waals surface area (Å²) >= 11 is 0. The highest BCUT2D eigenvalue weighted by Crippen LogP contribution is 2.21. The van der Waals surface area contributed by atoms with Gasteiger partial charge >= 0.3 is 29.8 Å². The van der Waals surface area contributed by atoms with E-state index in [1.165, 1.54) is 0 Å². The van der Waals surface area contributed by atoms with Gasteiger partial charge in [-0.25, -0.2) is 4.79 Å². The third kappa shape index (κ3) is 68.1. The lowest BCUT2D eigenvalue weighted by molar-refractivity contribution is -0.144. The van der Waals surface area contributed by atoms with Crippen LogP contribution >= 0.6 is 0 Å². The average Bonchev–Trinajstić information content (AvgIpc) is 0.923. The van der Waals surface area contributed by atoms with Gasteiger partial charge in [0.05, 0.1) is 77.9 Å². The lowest BCUT2D eigenvalue weighted by Crippen LogP contribution is -2.41. The summed E-state index contributed by atoms with van der Waals surface area (Å²) in [6.07, 6.45) is 19.0. The first-order valence-corrected chi connectivity index (χ1v) is 38.7. The van der Waals surface area contributed by atoms with Crippen molar-refractivity contribution in [2.75, 3.05) is 132 Å². The fraction of sp³-hybridized carbons (Fsp3) is 0.813. The van der Waals surface area contributed by atoms with Gasteiger partial charge in [0.1, 0.15) is 49.8 Å². The minimum Gasteiger partial charge on any atom is -0.481 e. The van der Waals surface area contributed by atoms with Crippen LogP contribution < -0.4 is 26.6 Å². The van der Waals surface area contributed by atoms with Gasteiger partial charge in [-0.05, 0) is 77.0 Å². The van der Waals surface area contributed by atoms with E-state index in [9.17, 15) is 82.4 Å². The molecule has 0 saturated carbocycles. The molecular formula is C75H133N5O27. The Kier molecular flexibility index (Phi) is 66.1. The molecule has 0 bridgehead atoms. The molecule has 0 heterocycles. The van der Waals surface area contributed by atoms with Crippen molar-refractivity contribution in [2.45, 2.75) is 244 Å². The van der Waals surface area contributed by atoms with Crippen LogP contribution in [0.25, 0.3) is 0 Å². The van der Waals surface area contributed by atoms with Gasteiger partial charge < -0.3 is 90.0 Å². The number of carboxylic acid groups (broad SMARTS) is 5. The fourth-order valence-electron chi connectivity index (χ4n) is 10.8. The molecule has 107 heavy (non-hydrogen) atoms. The molecule has 32 nitrogen and oxygen atoms in total. The summed E-state index contributed by atoms with van der Waals surface area (Å²) in [5, 5.41) is 59.6. The lowest BCUT2D eigenvalue weighted by atomic mass is 9.89. The van der Waals surface area contributed by atoms with Crippen molar-refractivity contribution < 1.29 is 133 Å². The molecule has 10 N–H and O–H groups in total. The molecule has 0 aromatic heterocycles. The summed E-state index contributed by atoms with van der Waals surface area (Å²) in [5.41, 5.74) is 0. The average molecular weight is 1540 g/mol. The topological polar surface area (TPSA) is 474 Å². The van der Waals surface area contributed by atoms with E-state index in [0.717, 1.165) is 77.0 Å². The summed E-state index contributed by atoms with van der Waals surface area (Å²) in [6.45, 7) is 4.52. The number of rotatable bonds is 81. The van der Waals surface area contributed by atoms with Gasteiger partial charge in [0.15, 0.2) is 5.78 Å². The monoisotopic (exact) mass is 1540 g/mol. The molecule has 0 spiro atoms. The second-order valence-electron chi connectivity index (χ2n) is 26.7. The van der Waals surface area contributed by atoms with E-state index >= 15 is 0 Å². The van der Waals surface area contributed by atoms with Gasteiger partial charge in [-0.15, -0.1) is 0 Å². The third-order valence-electron chi connectivity index (χ3n) is 17.1. The number of ketones is 4. The van der Waals surface area contributed by atoms with Crippen molar-refractivity contribution in [1.29, 1.82) is 0 Å². The summed E-state index contributed by atoms with van der Waals surface area (Å²) in [7, 11) is 0. The zero-order valence-corrected chi connectivity index (χ0v) is 63.6. The number of ether oxygens (including phenoxy) is 8. The van der Waals surface area contributed by atoms with Crippen molar-refractivity contribution in [3.05, 3.63) is 0 Å². The molecular weight excluding hydrogens is 1400 g/mol. The van der Waals surface area contributed by atoms with Gasteiger partial charge in [-0.1, -0.05) is 96.8 Å². The van der Waals surface area contributed by atoms with Crippen LogP contribution in [0, 0.1) is 17.8 Å². The quantitative estimate of drug-likeness (QED) is 0.0270. The van der Waals surface area contributed by atoms with E-state index in [4.69, 9.17) is 48.1 Å². The van der Waals surface area contributed by atoms with Gasteiger partial charge in [0.2, 0.25) is 29.5 Å². The molecule has 5 amide bonds. The molecule has 32 heteroatoms. The molecule has 0 aromatic carbocycles. The van der Waals surface area contributed by atoms with Crippen molar-refractivity contribution >= 4 is 82.5 Å². The van der Waals surface area contributed by atoms with Crippen molar-refractivity contribution in [2.24, 2.45) is 17.8 Å². The molecule has 0 aliphatic carbocycles. The molecule has 0 fully saturated rings. The summed E-state index contributed by atoms with van der Waals surface area (Å²) < 4.78 is 43.2. The number of carbonyl (C=O) groups is 14. The van der Waals surface area contributed by atoms with Gasteiger partial charge in [0, 0.05) is 112 Å². The first kappa shape index (κ1) is 100. The van der Waals surface area contributed by atoms with E-state index in [2.05, 4.69) is 26.6 Å². The summed E-state index contributed by atoms with van der Waals surface area (Å²) in [6, 6.07) is -1.15. The molecule has 0 rings (SSSR count). The van der Waals surface area contributed by atoms with E-state index in [-0.39, 0.29) is 251 Å². The van der Waals surface area contributed by atoms with Crippen LogP contribution in [-0.4, -0.2) is 246 Å². The highest BCUT2D eigenvalue weighted by atomic mass is 16.5. The second-order valence-corrected chi connectivity index (χ2v) is 26.7. The van der Waals surface area contributed by atoms with E-state index in [1.807, 2.05) is 0 Å². The molecule has 620 valence electrons. The third-order valence-corrected chi connectivity index (χ3v) is 17.1. The maximum atomic E-state index is 12.9. The zero-order valence-electron chi connectivity index (χ0n) is 63.6. The Morgan fingerprint density at radius 3 is 1.11 bits per heavy atom. The predicted octanol–water partition coefficient (Wildman–Crippen LogP) is 7.17. The van der Waals surface area contributed by atoms with Crippen molar-refractivity contribution in [3.8, 4) is 0 Å². The molecule has 0 radical (unpaired) electrons. The number of amides is 5. The number of unbranched alkanes of at least 4 members (excludes halogenated alkanes) is 16. The van der Waals surface area contributed by atoms with Gasteiger partial charge in [0.25, 0.3) is 0 Å². The Hall–Kier alpha value is -6.94. The first-order valence-electron chi connectivity index (χ1n) is 38.7. The van der Waals surface area contributed by atoms with Crippen LogP contribution in [0.3, 0.4) is 0 Å². The normalized spacial score (nSPS) is 12.3. The Morgan fingerprint density at radius 1 is 0.280 bits per heavy atom. The molecule has 0 saturated heterocycles. The minimum atomic E-state index is -1.20.